The molecule has 0 spiro atoms. The van der Waals surface area contributed by atoms with Gasteiger partial charge in [-0.3, -0.25) is 4.90 Å². The lowest BCUT2D eigenvalue weighted by molar-refractivity contribution is 0.152. The molecule has 1 aromatic rings. The van der Waals surface area contributed by atoms with Gasteiger partial charge in [0.15, 0.2) is 0 Å². The molecule has 5 nitrogen and oxygen atoms in total. The molecule has 6 heteroatoms. The Hall–Kier alpha value is -1.46. The predicted octanol–water partition coefficient (Wildman–Crippen LogP) is 1.91. The van der Waals surface area contributed by atoms with Crippen molar-refractivity contribution in [3.63, 3.8) is 0 Å². The molecule has 2 heterocycles. The third-order valence-corrected chi connectivity index (χ3v) is 4.31. The number of piperazine rings is 1. The first-order valence-electron chi connectivity index (χ1n) is 7.37. The van der Waals surface area contributed by atoms with E-state index in [0.29, 0.717) is 6.61 Å². The van der Waals surface area contributed by atoms with Crippen molar-refractivity contribution in [3.05, 3.63) is 29.3 Å². The van der Waals surface area contributed by atoms with E-state index in [-0.39, 0.29) is 6.09 Å². The molecule has 114 valence electrons. The molecule has 3 rings (SSSR count). The normalized spacial score (nSPS) is 20.0. The number of benzene rings is 1. The number of carbonyl (C=O) groups is 1. The standard InChI is InChI=1S/C15H20ClN3O2/c16-13-2-1-3-14(12-13)18-7-4-17(5-8-18)6-9-19-10-11-21-15(19)20/h1-3,12H,4-11H2. The van der Waals surface area contributed by atoms with E-state index in [1.807, 2.05) is 18.2 Å². The van der Waals surface area contributed by atoms with Crippen LogP contribution in [-0.2, 0) is 4.74 Å². The zero-order chi connectivity index (χ0) is 14.7. The van der Waals surface area contributed by atoms with Gasteiger partial charge in [0, 0.05) is 50.0 Å². The Morgan fingerprint density at radius 1 is 1.10 bits per heavy atom. The Morgan fingerprint density at radius 2 is 1.90 bits per heavy atom. The fourth-order valence-electron chi connectivity index (χ4n) is 2.79. The quantitative estimate of drug-likeness (QED) is 0.851. The van der Waals surface area contributed by atoms with E-state index in [1.165, 1.54) is 5.69 Å². The first-order valence-corrected chi connectivity index (χ1v) is 7.75. The molecule has 1 amide bonds. The summed E-state index contributed by atoms with van der Waals surface area (Å²) in [7, 11) is 0. The van der Waals surface area contributed by atoms with Crippen LogP contribution in [-0.4, -0.2) is 68.3 Å². The lowest BCUT2D eigenvalue weighted by atomic mass is 10.2. The molecule has 1 aromatic carbocycles. The van der Waals surface area contributed by atoms with Crippen LogP contribution >= 0.6 is 11.6 Å². The highest BCUT2D eigenvalue weighted by Gasteiger charge is 2.23. The number of cyclic esters (lactones) is 1. The molecule has 0 bridgehead atoms. The van der Waals surface area contributed by atoms with Gasteiger partial charge in [-0.25, -0.2) is 4.79 Å². The molecular formula is C15H20ClN3O2. The summed E-state index contributed by atoms with van der Waals surface area (Å²) < 4.78 is 4.94. The Bertz CT molecular complexity index is 503. The Labute approximate surface area is 130 Å². The number of amides is 1. The maximum Gasteiger partial charge on any atom is 0.409 e. The molecule has 21 heavy (non-hydrogen) atoms. The van der Waals surface area contributed by atoms with Gasteiger partial charge in [-0.15, -0.1) is 0 Å². The van der Waals surface area contributed by atoms with Crippen LogP contribution in [0.1, 0.15) is 0 Å². The zero-order valence-electron chi connectivity index (χ0n) is 12.0. The SMILES string of the molecule is O=C1OCCN1CCN1CCN(c2cccc(Cl)c2)CC1. The first kappa shape index (κ1) is 14.5. The van der Waals surface area contributed by atoms with Crippen LogP contribution in [0, 0.1) is 0 Å². The summed E-state index contributed by atoms with van der Waals surface area (Å²) >= 11 is 6.04. The lowest BCUT2D eigenvalue weighted by Gasteiger charge is -2.36. The van der Waals surface area contributed by atoms with Gasteiger partial charge in [0.2, 0.25) is 0 Å². The minimum atomic E-state index is -0.174. The van der Waals surface area contributed by atoms with Crippen molar-refractivity contribution in [1.29, 1.82) is 0 Å². The van der Waals surface area contributed by atoms with Gasteiger partial charge in [0.25, 0.3) is 0 Å². The summed E-state index contributed by atoms with van der Waals surface area (Å²) in [5.41, 5.74) is 1.19. The van der Waals surface area contributed by atoms with E-state index in [4.69, 9.17) is 16.3 Å². The van der Waals surface area contributed by atoms with E-state index in [0.717, 1.165) is 50.8 Å². The summed E-state index contributed by atoms with van der Waals surface area (Å²) in [5, 5.41) is 0.780. The highest BCUT2D eigenvalue weighted by Crippen LogP contribution is 2.20. The molecule has 0 unspecified atom stereocenters. The predicted molar refractivity (Wildman–Crippen MR) is 83.0 cm³/mol. The van der Waals surface area contributed by atoms with Crippen LogP contribution in [0.5, 0.6) is 0 Å². The van der Waals surface area contributed by atoms with Gasteiger partial charge in [-0.1, -0.05) is 17.7 Å². The van der Waals surface area contributed by atoms with E-state index < -0.39 is 0 Å². The van der Waals surface area contributed by atoms with Gasteiger partial charge in [-0.05, 0) is 18.2 Å². The second-order valence-corrected chi connectivity index (χ2v) is 5.85. The van der Waals surface area contributed by atoms with Crippen LogP contribution in [0.3, 0.4) is 0 Å². The molecule has 2 saturated heterocycles. The number of ether oxygens (including phenoxy) is 1. The number of hydrogen-bond acceptors (Lipinski definition) is 4. The number of anilines is 1. The summed E-state index contributed by atoms with van der Waals surface area (Å²) in [6, 6.07) is 8.00. The summed E-state index contributed by atoms with van der Waals surface area (Å²) in [5.74, 6) is 0. The average Bonchev–Trinajstić information content (AvgIpc) is 2.91. The molecule has 2 fully saturated rings. The van der Waals surface area contributed by atoms with Gasteiger partial charge in [-0.2, -0.15) is 0 Å². The maximum absolute atomic E-state index is 11.4. The van der Waals surface area contributed by atoms with E-state index in [9.17, 15) is 4.79 Å². The third-order valence-electron chi connectivity index (χ3n) is 4.08. The fraction of sp³-hybridized carbons (Fsp3) is 0.533. The number of nitrogens with zero attached hydrogens (tertiary/aromatic N) is 3. The zero-order valence-corrected chi connectivity index (χ0v) is 12.8. The van der Waals surface area contributed by atoms with Gasteiger partial charge >= 0.3 is 6.09 Å². The minimum Gasteiger partial charge on any atom is -0.448 e. The number of carbonyl (C=O) groups excluding carboxylic acids is 1. The Kier molecular flexibility index (Phi) is 4.51. The molecular weight excluding hydrogens is 290 g/mol. The van der Waals surface area contributed by atoms with Gasteiger partial charge in [0.1, 0.15) is 6.61 Å². The second kappa shape index (κ2) is 6.54. The molecule has 0 aromatic heterocycles. The lowest BCUT2D eigenvalue weighted by Crippen LogP contribution is -2.48. The van der Waals surface area contributed by atoms with Crippen LogP contribution in [0.15, 0.2) is 24.3 Å². The highest BCUT2D eigenvalue weighted by atomic mass is 35.5. The molecule has 0 aliphatic carbocycles. The largest absolute Gasteiger partial charge is 0.448 e. The summed E-state index contributed by atoms with van der Waals surface area (Å²) in [6.07, 6.45) is -0.174. The molecule has 0 atom stereocenters. The first-order chi connectivity index (χ1) is 10.2. The van der Waals surface area contributed by atoms with E-state index >= 15 is 0 Å². The van der Waals surface area contributed by atoms with Crippen molar-refractivity contribution in [1.82, 2.24) is 9.80 Å². The molecule has 0 radical (unpaired) electrons. The van der Waals surface area contributed by atoms with Crippen molar-refractivity contribution in [2.45, 2.75) is 0 Å². The molecule has 2 aliphatic rings. The van der Waals surface area contributed by atoms with E-state index in [1.54, 1.807) is 4.90 Å². The van der Waals surface area contributed by atoms with Crippen molar-refractivity contribution in [2.24, 2.45) is 0 Å². The van der Waals surface area contributed by atoms with E-state index in [2.05, 4.69) is 15.9 Å². The van der Waals surface area contributed by atoms with Crippen molar-refractivity contribution >= 4 is 23.4 Å². The van der Waals surface area contributed by atoms with Crippen molar-refractivity contribution in [3.8, 4) is 0 Å². The third kappa shape index (κ3) is 3.60. The summed E-state index contributed by atoms with van der Waals surface area (Å²) in [6.45, 7) is 6.93. The topological polar surface area (TPSA) is 36.0 Å². The number of hydrogen-bond donors (Lipinski definition) is 0. The van der Waals surface area contributed by atoms with Crippen molar-refractivity contribution < 1.29 is 9.53 Å². The van der Waals surface area contributed by atoms with Crippen LogP contribution in [0.25, 0.3) is 0 Å². The number of halogens is 1. The second-order valence-electron chi connectivity index (χ2n) is 5.41. The number of rotatable bonds is 4. The average molecular weight is 310 g/mol. The highest BCUT2D eigenvalue weighted by molar-refractivity contribution is 6.30. The van der Waals surface area contributed by atoms with Crippen LogP contribution in [0.2, 0.25) is 5.02 Å². The smallest absolute Gasteiger partial charge is 0.409 e. The fourth-order valence-corrected chi connectivity index (χ4v) is 2.98. The van der Waals surface area contributed by atoms with Crippen LogP contribution < -0.4 is 4.90 Å². The summed E-state index contributed by atoms with van der Waals surface area (Å²) in [4.78, 5) is 17.9. The van der Waals surface area contributed by atoms with Crippen LogP contribution in [0.4, 0.5) is 10.5 Å². The van der Waals surface area contributed by atoms with Gasteiger partial charge in [0.05, 0.1) is 6.54 Å². The monoisotopic (exact) mass is 309 g/mol. The maximum atomic E-state index is 11.4. The van der Waals surface area contributed by atoms with Crippen molar-refractivity contribution in [2.75, 3.05) is 57.3 Å². The molecule has 2 aliphatic heterocycles. The minimum absolute atomic E-state index is 0.174. The Morgan fingerprint density at radius 3 is 2.57 bits per heavy atom. The molecule has 0 N–H and O–H groups in total. The van der Waals surface area contributed by atoms with Gasteiger partial charge < -0.3 is 14.5 Å². The molecule has 0 saturated carbocycles. The Balaban J connectivity index is 1.45.